The Kier molecular flexibility index (Phi) is 9.63. The normalized spacial score (nSPS) is 17.0. The quantitative estimate of drug-likeness (QED) is 0.253. The van der Waals surface area contributed by atoms with E-state index in [4.69, 9.17) is 0 Å². The highest BCUT2D eigenvalue weighted by atomic mass is 32.2. The Labute approximate surface area is 212 Å². The van der Waals surface area contributed by atoms with Crippen molar-refractivity contribution in [2.75, 3.05) is 0 Å². The number of carbonyl (C=O) groups is 1. The number of Topliss-reactive ketones (excluding diaryl/α,β-unsaturated/α-hetero) is 1. The molecule has 0 saturated carbocycles. The van der Waals surface area contributed by atoms with Gasteiger partial charge in [-0.1, -0.05) is 131 Å². The monoisotopic (exact) mass is 480 g/mol. The van der Waals surface area contributed by atoms with Crippen LogP contribution in [0, 0.1) is 5.92 Å². The van der Waals surface area contributed by atoms with Crippen molar-refractivity contribution < 1.29 is 4.79 Å². The van der Waals surface area contributed by atoms with Crippen molar-refractivity contribution in [3.05, 3.63) is 125 Å². The highest BCUT2D eigenvalue weighted by molar-refractivity contribution is 8.00. The van der Waals surface area contributed by atoms with E-state index < -0.39 is 0 Å². The molecule has 0 bridgehead atoms. The maximum absolute atomic E-state index is 12.3. The molecule has 178 valence electrons. The molecular weight excluding hydrogens is 448 g/mol. The first kappa shape index (κ1) is 26.2. The zero-order valence-electron chi connectivity index (χ0n) is 20.8. The Balaban J connectivity index is 0.000000172. The van der Waals surface area contributed by atoms with Gasteiger partial charge >= 0.3 is 0 Å². The van der Waals surface area contributed by atoms with Crippen molar-refractivity contribution in [3.8, 4) is 0 Å². The second-order valence-electron chi connectivity index (χ2n) is 7.58. The highest BCUT2D eigenvalue weighted by Gasteiger charge is 2.33. The molecule has 0 saturated heterocycles. The summed E-state index contributed by atoms with van der Waals surface area (Å²) in [6.45, 7) is 8.00. The summed E-state index contributed by atoms with van der Waals surface area (Å²) in [6.07, 6.45) is 8.11. The lowest BCUT2D eigenvalue weighted by Crippen LogP contribution is -2.28. The van der Waals surface area contributed by atoms with E-state index in [0.717, 1.165) is 32.0 Å². The lowest BCUT2D eigenvalue weighted by molar-refractivity contribution is 0.0942. The number of thioether (sulfide) groups is 1. The fraction of sp³-hybridized carbons (Fsp3) is 0.188. The molecule has 0 radical (unpaired) electrons. The predicted molar refractivity (Wildman–Crippen MR) is 153 cm³/mol. The van der Waals surface area contributed by atoms with Gasteiger partial charge in [0.2, 0.25) is 0 Å². The molecule has 2 atom stereocenters. The van der Waals surface area contributed by atoms with Gasteiger partial charge < -0.3 is 0 Å². The third-order valence-corrected chi connectivity index (χ3v) is 6.99. The van der Waals surface area contributed by atoms with Gasteiger partial charge in [-0.25, -0.2) is 0 Å². The summed E-state index contributed by atoms with van der Waals surface area (Å²) in [7, 11) is 0. The Morgan fingerprint density at radius 3 is 1.74 bits per heavy atom. The minimum Gasteiger partial charge on any atom is -0.293 e. The fourth-order valence-corrected chi connectivity index (χ4v) is 5.33. The summed E-state index contributed by atoms with van der Waals surface area (Å²) in [5.74, 6) is 0.296. The van der Waals surface area contributed by atoms with Crippen LogP contribution in [0.5, 0.6) is 0 Å². The van der Waals surface area contributed by atoms with Gasteiger partial charge in [-0.3, -0.25) is 9.59 Å². The third-order valence-electron chi connectivity index (χ3n) is 5.66. The lowest BCUT2D eigenvalue weighted by Gasteiger charge is -2.28. The number of hydrogen-bond acceptors (Lipinski definition) is 3. The van der Waals surface area contributed by atoms with E-state index in [1.807, 2.05) is 131 Å². The zero-order valence-corrected chi connectivity index (χ0v) is 21.6. The van der Waals surface area contributed by atoms with Crippen LogP contribution < -0.4 is 5.43 Å². The number of carbonyl (C=O) groups excluding carboxylic acids is 1. The van der Waals surface area contributed by atoms with Crippen LogP contribution >= 0.6 is 11.8 Å². The van der Waals surface area contributed by atoms with Gasteiger partial charge in [0, 0.05) is 26.5 Å². The summed E-state index contributed by atoms with van der Waals surface area (Å²) >= 11 is 1.79. The number of allylic oxidation sites excluding steroid dienone is 3. The van der Waals surface area contributed by atoms with Crippen molar-refractivity contribution in [2.45, 2.75) is 37.8 Å². The molecule has 2 nitrogen and oxygen atoms in total. The van der Waals surface area contributed by atoms with Crippen molar-refractivity contribution in [2.24, 2.45) is 5.92 Å². The molecule has 35 heavy (non-hydrogen) atoms. The van der Waals surface area contributed by atoms with Crippen LogP contribution in [0.25, 0.3) is 21.5 Å². The molecule has 4 aromatic rings. The van der Waals surface area contributed by atoms with Gasteiger partial charge in [0.25, 0.3) is 0 Å². The average Bonchev–Trinajstić information content (AvgIpc) is 3.08. The van der Waals surface area contributed by atoms with E-state index >= 15 is 0 Å². The van der Waals surface area contributed by atoms with E-state index in [1.54, 1.807) is 11.8 Å². The second-order valence-corrected chi connectivity index (χ2v) is 8.80. The molecule has 1 aliphatic heterocycles. The standard InChI is InChI=1S/C15H10O.C13H10OS.2C2H6/c16-15-13-7-3-1-5-11(13)9-10-12-6-2-4-8-14(12)15;14-13-9-5-1-3-7-11(9)15-12-8-4-2-6-10(12)13;2*1-2/h1-10H;1-9,11H;2*1-2H3. The summed E-state index contributed by atoms with van der Waals surface area (Å²) in [5, 5.41) is 3.83. The van der Waals surface area contributed by atoms with Gasteiger partial charge in [-0.05, 0) is 16.8 Å². The van der Waals surface area contributed by atoms with Crippen LogP contribution in [0.2, 0.25) is 0 Å². The van der Waals surface area contributed by atoms with Gasteiger partial charge in [-0.2, -0.15) is 0 Å². The van der Waals surface area contributed by atoms with Crippen molar-refractivity contribution in [1.29, 1.82) is 0 Å². The number of rotatable bonds is 0. The number of benzene rings is 3. The molecule has 0 amide bonds. The Hall–Kier alpha value is -3.43. The fourth-order valence-electron chi connectivity index (χ4n) is 4.06. The highest BCUT2D eigenvalue weighted by Crippen LogP contribution is 2.40. The number of fused-ring (bicyclic) bond motifs is 4. The largest absolute Gasteiger partial charge is 0.293 e. The van der Waals surface area contributed by atoms with Crippen molar-refractivity contribution >= 4 is 39.1 Å². The Bertz CT molecular complexity index is 1360. The molecule has 0 spiro atoms. The van der Waals surface area contributed by atoms with Crippen LogP contribution in [-0.2, 0) is 0 Å². The molecule has 0 fully saturated rings. The van der Waals surface area contributed by atoms with E-state index in [-0.39, 0.29) is 22.4 Å². The minimum atomic E-state index is 0.0369. The second kappa shape index (κ2) is 12.9. The summed E-state index contributed by atoms with van der Waals surface area (Å²) in [4.78, 5) is 25.6. The van der Waals surface area contributed by atoms with E-state index in [9.17, 15) is 9.59 Å². The Morgan fingerprint density at radius 2 is 1.11 bits per heavy atom. The molecule has 3 heteroatoms. The number of ketones is 1. The maximum atomic E-state index is 12.3. The van der Waals surface area contributed by atoms with E-state index in [2.05, 4.69) is 6.08 Å². The summed E-state index contributed by atoms with van der Waals surface area (Å²) < 4.78 is 0. The minimum absolute atomic E-state index is 0.0369. The van der Waals surface area contributed by atoms with Crippen LogP contribution in [0.3, 0.4) is 0 Å². The van der Waals surface area contributed by atoms with Crippen LogP contribution in [0.15, 0.2) is 119 Å². The molecule has 2 unspecified atom stereocenters. The van der Waals surface area contributed by atoms with Crippen LogP contribution in [-0.4, -0.2) is 11.0 Å². The molecule has 1 heterocycles. The maximum Gasteiger partial charge on any atom is 0.194 e. The van der Waals surface area contributed by atoms with Gasteiger partial charge in [0.15, 0.2) is 11.2 Å². The molecule has 0 aromatic heterocycles. The Morgan fingerprint density at radius 1 is 0.600 bits per heavy atom. The van der Waals surface area contributed by atoms with Crippen LogP contribution in [0.1, 0.15) is 38.1 Å². The smallest absolute Gasteiger partial charge is 0.194 e. The molecule has 6 rings (SSSR count). The molecular formula is C32H32O2S. The first-order valence-electron chi connectivity index (χ1n) is 12.3. The van der Waals surface area contributed by atoms with E-state index in [1.165, 1.54) is 0 Å². The predicted octanol–water partition coefficient (Wildman–Crippen LogP) is 8.49. The first-order valence-corrected chi connectivity index (χ1v) is 13.2. The molecule has 0 N–H and O–H groups in total. The number of hydrogen-bond donors (Lipinski definition) is 0. The first-order chi connectivity index (χ1) is 17.2. The van der Waals surface area contributed by atoms with Gasteiger partial charge in [0.1, 0.15) is 0 Å². The summed E-state index contributed by atoms with van der Waals surface area (Å²) in [6, 6.07) is 27.3. The van der Waals surface area contributed by atoms with Crippen LogP contribution in [0.4, 0.5) is 0 Å². The average molecular weight is 481 g/mol. The lowest BCUT2D eigenvalue weighted by atomic mass is 9.91. The summed E-state index contributed by atoms with van der Waals surface area (Å²) in [5.41, 5.74) is 0.986. The molecule has 1 aliphatic carbocycles. The van der Waals surface area contributed by atoms with Gasteiger partial charge in [-0.15, -0.1) is 11.8 Å². The zero-order chi connectivity index (χ0) is 25.2. The molecule has 2 aliphatic rings. The van der Waals surface area contributed by atoms with E-state index in [0.29, 0.717) is 0 Å². The third kappa shape index (κ3) is 5.80. The van der Waals surface area contributed by atoms with Crippen molar-refractivity contribution in [1.82, 2.24) is 0 Å². The molecule has 4 aromatic carbocycles. The van der Waals surface area contributed by atoms with Crippen molar-refractivity contribution in [3.63, 3.8) is 0 Å². The SMILES string of the molecule is CC.CC.O=C1c2ccccc2SC2C=CC=CC12.O=c1c2ccccc2ccc2ccccc12. The van der Waals surface area contributed by atoms with Gasteiger partial charge in [0.05, 0.1) is 5.92 Å². The topological polar surface area (TPSA) is 34.1 Å².